The minimum Gasteiger partial charge on any atom is -0.366 e. The number of halogens is 1. The largest absolute Gasteiger partial charge is 0.366 e. The summed E-state index contributed by atoms with van der Waals surface area (Å²) in [6, 6.07) is 4.29. The van der Waals surface area contributed by atoms with E-state index in [9.17, 15) is 14.5 Å². The number of hydrogen-bond acceptors (Lipinski definition) is 4. The van der Waals surface area contributed by atoms with Gasteiger partial charge < -0.3 is 10.2 Å². The van der Waals surface area contributed by atoms with Crippen LogP contribution in [0.5, 0.6) is 0 Å². The number of para-hydroxylation sites is 1. The fourth-order valence-electron chi connectivity index (χ4n) is 2.73. The SMILES string of the molecule is CCN(CC1CCCNC1)c1cccc(F)c1[N+](=O)[O-]. The Hall–Kier alpha value is -1.69. The van der Waals surface area contributed by atoms with Gasteiger partial charge in [-0.1, -0.05) is 6.07 Å². The normalized spacial score (nSPS) is 18.8. The predicted octanol–water partition coefficient (Wildman–Crippen LogP) is 2.56. The molecule has 2 rings (SSSR count). The van der Waals surface area contributed by atoms with Gasteiger partial charge in [0, 0.05) is 13.1 Å². The van der Waals surface area contributed by atoms with Crippen molar-refractivity contribution in [3.05, 3.63) is 34.1 Å². The van der Waals surface area contributed by atoms with Gasteiger partial charge >= 0.3 is 5.69 Å². The van der Waals surface area contributed by atoms with Crippen molar-refractivity contribution >= 4 is 11.4 Å². The molecule has 1 heterocycles. The van der Waals surface area contributed by atoms with Crippen LogP contribution in [0.15, 0.2) is 18.2 Å². The van der Waals surface area contributed by atoms with Crippen LogP contribution in [0.2, 0.25) is 0 Å². The zero-order valence-electron chi connectivity index (χ0n) is 11.6. The van der Waals surface area contributed by atoms with Gasteiger partial charge in [0.15, 0.2) is 0 Å². The zero-order valence-corrected chi connectivity index (χ0v) is 11.6. The molecule has 6 heteroatoms. The molecule has 1 aromatic carbocycles. The molecule has 0 amide bonds. The third-order valence-corrected chi connectivity index (χ3v) is 3.75. The summed E-state index contributed by atoms with van der Waals surface area (Å²) >= 11 is 0. The van der Waals surface area contributed by atoms with Crippen LogP contribution >= 0.6 is 0 Å². The molecule has 5 nitrogen and oxygen atoms in total. The number of nitrogens with one attached hydrogen (secondary N) is 1. The quantitative estimate of drug-likeness (QED) is 0.665. The van der Waals surface area contributed by atoms with Crippen molar-refractivity contribution in [2.24, 2.45) is 5.92 Å². The number of hydrogen-bond donors (Lipinski definition) is 1. The van der Waals surface area contributed by atoms with E-state index in [-0.39, 0.29) is 0 Å². The maximum atomic E-state index is 13.7. The Balaban J connectivity index is 2.22. The second-order valence-corrected chi connectivity index (χ2v) is 5.12. The van der Waals surface area contributed by atoms with E-state index >= 15 is 0 Å². The number of rotatable bonds is 5. The Labute approximate surface area is 117 Å². The number of nitro benzene ring substituents is 1. The molecule has 0 aliphatic carbocycles. The van der Waals surface area contributed by atoms with Crippen LogP contribution in [0.4, 0.5) is 15.8 Å². The van der Waals surface area contributed by atoms with Crippen molar-refractivity contribution < 1.29 is 9.31 Å². The monoisotopic (exact) mass is 281 g/mol. The van der Waals surface area contributed by atoms with E-state index in [0.717, 1.165) is 32.0 Å². The fraction of sp³-hybridized carbons (Fsp3) is 0.571. The van der Waals surface area contributed by atoms with Gasteiger partial charge in [-0.25, -0.2) is 0 Å². The molecule has 0 radical (unpaired) electrons. The molecular formula is C14H20FN3O2. The maximum Gasteiger partial charge on any atom is 0.327 e. The van der Waals surface area contributed by atoms with Crippen LogP contribution in [-0.4, -0.2) is 31.1 Å². The molecule has 0 spiro atoms. The first kappa shape index (κ1) is 14.7. The van der Waals surface area contributed by atoms with Crippen molar-refractivity contribution in [3.8, 4) is 0 Å². The summed E-state index contributed by atoms with van der Waals surface area (Å²) in [5.41, 5.74) is -0.0406. The summed E-state index contributed by atoms with van der Waals surface area (Å²) in [4.78, 5) is 12.4. The first-order valence-electron chi connectivity index (χ1n) is 7.02. The molecule has 1 aromatic rings. The molecule has 1 atom stereocenters. The average Bonchev–Trinajstić information content (AvgIpc) is 2.45. The summed E-state index contributed by atoms with van der Waals surface area (Å²) in [6.07, 6.45) is 2.22. The van der Waals surface area contributed by atoms with Crippen LogP contribution < -0.4 is 10.2 Å². The number of piperidine rings is 1. The number of benzene rings is 1. The van der Waals surface area contributed by atoms with Gasteiger partial charge in [0.1, 0.15) is 5.69 Å². The van der Waals surface area contributed by atoms with Crippen molar-refractivity contribution in [3.63, 3.8) is 0 Å². The zero-order chi connectivity index (χ0) is 14.5. The lowest BCUT2D eigenvalue weighted by Gasteiger charge is -2.30. The second kappa shape index (κ2) is 6.65. The van der Waals surface area contributed by atoms with Gasteiger partial charge in [-0.3, -0.25) is 10.1 Å². The summed E-state index contributed by atoms with van der Waals surface area (Å²) in [5.74, 6) is -0.320. The highest BCUT2D eigenvalue weighted by Gasteiger charge is 2.25. The molecule has 1 fully saturated rings. The third kappa shape index (κ3) is 3.25. The summed E-state index contributed by atoms with van der Waals surface area (Å²) in [6.45, 7) is 5.22. The molecule has 1 saturated heterocycles. The second-order valence-electron chi connectivity index (χ2n) is 5.12. The van der Waals surface area contributed by atoms with Gasteiger partial charge in [0.25, 0.3) is 0 Å². The number of nitrogens with zero attached hydrogens (tertiary/aromatic N) is 2. The summed E-state index contributed by atoms with van der Waals surface area (Å²) in [5, 5.41) is 14.4. The molecule has 20 heavy (non-hydrogen) atoms. The van der Waals surface area contributed by atoms with E-state index < -0.39 is 16.4 Å². The highest BCUT2D eigenvalue weighted by Crippen LogP contribution is 2.31. The smallest absolute Gasteiger partial charge is 0.327 e. The topological polar surface area (TPSA) is 58.4 Å². The van der Waals surface area contributed by atoms with Gasteiger partial charge in [-0.15, -0.1) is 0 Å². The number of anilines is 1. The molecule has 110 valence electrons. The van der Waals surface area contributed by atoms with Crippen molar-refractivity contribution in [1.29, 1.82) is 0 Å². The predicted molar refractivity (Wildman–Crippen MR) is 76.5 cm³/mol. The van der Waals surface area contributed by atoms with E-state index in [1.165, 1.54) is 6.07 Å². The van der Waals surface area contributed by atoms with Crippen molar-refractivity contribution in [2.75, 3.05) is 31.1 Å². The van der Waals surface area contributed by atoms with Crippen molar-refractivity contribution in [1.82, 2.24) is 5.32 Å². The van der Waals surface area contributed by atoms with E-state index in [1.807, 2.05) is 11.8 Å². The van der Waals surface area contributed by atoms with Gasteiger partial charge in [-0.2, -0.15) is 4.39 Å². The Kier molecular flexibility index (Phi) is 4.89. The average molecular weight is 281 g/mol. The number of nitro groups is 1. The molecule has 0 saturated carbocycles. The van der Waals surface area contributed by atoms with Crippen LogP contribution in [0.25, 0.3) is 0 Å². The molecule has 0 bridgehead atoms. The fourth-order valence-corrected chi connectivity index (χ4v) is 2.73. The summed E-state index contributed by atoms with van der Waals surface area (Å²) in [7, 11) is 0. The Bertz CT molecular complexity index is 475. The lowest BCUT2D eigenvalue weighted by Crippen LogP contribution is -2.38. The first-order valence-corrected chi connectivity index (χ1v) is 7.02. The molecule has 1 N–H and O–H groups in total. The van der Waals surface area contributed by atoms with Gasteiger partial charge in [-0.05, 0) is 50.9 Å². The minimum atomic E-state index is -0.771. The maximum absolute atomic E-state index is 13.7. The van der Waals surface area contributed by atoms with E-state index in [0.29, 0.717) is 24.7 Å². The standard InChI is InChI=1S/C14H20FN3O2/c1-2-17(10-11-5-4-8-16-9-11)13-7-3-6-12(15)14(13)18(19)20/h3,6-7,11,16H,2,4-5,8-10H2,1H3. The van der Waals surface area contributed by atoms with Crippen LogP contribution in [0, 0.1) is 21.8 Å². The highest BCUT2D eigenvalue weighted by molar-refractivity contribution is 5.63. The lowest BCUT2D eigenvalue weighted by molar-refractivity contribution is -0.386. The van der Waals surface area contributed by atoms with E-state index in [4.69, 9.17) is 0 Å². The van der Waals surface area contributed by atoms with Gasteiger partial charge in [0.05, 0.1) is 4.92 Å². The lowest BCUT2D eigenvalue weighted by atomic mass is 9.98. The Morgan fingerprint density at radius 1 is 1.55 bits per heavy atom. The Morgan fingerprint density at radius 2 is 2.35 bits per heavy atom. The van der Waals surface area contributed by atoms with Crippen LogP contribution in [0.3, 0.4) is 0 Å². The molecule has 1 unspecified atom stereocenters. The van der Waals surface area contributed by atoms with Crippen LogP contribution in [0.1, 0.15) is 19.8 Å². The molecule has 1 aliphatic heterocycles. The highest BCUT2D eigenvalue weighted by atomic mass is 19.1. The minimum absolute atomic E-state index is 0.378. The molecule has 0 aromatic heterocycles. The van der Waals surface area contributed by atoms with Crippen molar-refractivity contribution in [2.45, 2.75) is 19.8 Å². The first-order chi connectivity index (χ1) is 9.63. The molecular weight excluding hydrogens is 261 g/mol. The third-order valence-electron chi connectivity index (χ3n) is 3.75. The molecule has 1 aliphatic rings. The van der Waals surface area contributed by atoms with E-state index in [1.54, 1.807) is 6.07 Å². The summed E-state index contributed by atoms with van der Waals surface area (Å²) < 4.78 is 13.7. The van der Waals surface area contributed by atoms with E-state index in [2.05, 4.69) is 5.32 Å². The van der Waals surface area contributed by atoms with Gasteiger partial charge in [0.2, 0.25) is 5.82 Å². The Morgan fingerprint density at radius 3 is 2.95 bits per heavy atom. The van der Waals surface area contributed by atoms with Crippen LogP contribution in [-0.2, 0) is 0 Å².